The quantitative estimate of drug-likeness (QED) is 0.300. The molecular formula is C22H36N4O3. The zero-order chi connectivity index (χ0) is 20.7. The minimum absolute atomic E-state index is 0.0501. The lowest BCUT2D eigenvalue weighted by Crippen LogP contribution is -2.37. The first-order valence-electron chi connectivity index (χ1n) is 10.7. The lowest BCUT2D eigenvalue weighted by Gasteiger charge is -2.21. The normalized spacial score (nSPS) is 15.2. The van der Waals surface area contributed by atoms with Crippen LogP contribution in [0.5, 0.6) is 0 Å². The van der Waals surface area contributed by atoms with Crippen molar-refractivity contribution in [1.82, 2.24) is 10.6 Å². The molecule has 0 aliphatic carbocycles. The molecule has 0 bridgehead atoms. The van der Waals surface area contributed by atoms with Gasteiger partial charge < -0.3 is 25.4 Å². The van der Waals surface area contributed by atoms with Gasteiger partial charge in [0.05, 0.1) is 0 Å². The van der Waals surface area contributed by atoms with E-state index in [2.05, 4.69) is 20.9 Å². The molecule has 1 fully saturated rings. The first kappa shape index (κ1) is 23.2. The van der Waals surface area contributed by atoms with Gasteiger partial charge in [-0.05, 0) is 49.3 Å². The predicted octanol–water partition coefficient (Wildman–Crippen LogP) is 2.92. The van der Waals surface area contributed by atoms with E-state index in [9.17, 15) is 4.79 Å². The van der Waals surface area contributed by atoms with Crippen LogP contribution in [0.1, 0.15) is 44.6 Å². The van der Waals surface area contributed by atoms with Crippen LogP contribution in [0.25, 0.3) is 0 Å². The van der Waals surface area contributed by atoms with Gasteiger partial charge in [0.25, 0.3) is 0 Å². The third-order valence-corrected chi connectivity index (χ3v) is 4.82. The van der Waals surface area contributed by atoms with E-state index < -0.39 is 0 Å². The Morgan fingerprint density at radius 1 is 1.28 bits per heavy atom. The van der Waals surface area contributed by atoms with Gasteiger partial charge in [-0.3, -0.25) is 9.79 Å². The molecule has 0 aromatic heterocycles. The second kappa shape index (κ2) is 14.0. The number of amides is 1. The average molecular weight is 405 g/mol. The van der Waals surface area contributed by atoms with E-state index in [0.29, 0.717) is 18.9 Å². The average Bonchev–Trinajstić information content (AvgIpc) is 2.74. The van der Waals surface area contributed by atoms with E-state index in [0.717, 1.165) is 75.9 Å². The first-order valence-corrected chi connectivity index (χ1v) is 10.7. The van der Waals surface area contributed by atoms with Crippen molar-refractivity contribution in [2.45, 2.75) is 45.6 Å². The molecule has 0 unspecified atom stereocenters. The van der Waals surface area contributed by atoms with Gasteiger partial charge in [0, 0.05) is 58.7 Å². The van der Waals surface area contributed by atoms with E-state index in [1.165, 1.54) is 0 Å². The molecule has 0 spiro atoms. The highest BCUT2D eigenvalue weighted by Gasteiger charge is 2.13. The molecule has 0 radical (unpaired) electrons. The number of carbonyl (C=O) groups is 1. The number of anilines is 1. The molecule has 1 saturated heterocycles. The Bertz CT molecular complexity index is 630. The van der Waals surface area contributed by atoms with Crippen LogP contribution in [0.4, 0.5) is 5.69 Å². The van der Waals surface area contributed by atoms with Crippen molar-refractivity contribution >= 4 is 17.6 Å². The minimum atomic E-state index is 0.0501. The molecule has 1 aliphatic heterocycles. The molecule has 7 nitrogen and oxygen atoms in total. The van der Waals surface area contributed by atoms with Crippen molar-refractivity contribution in [2.24, 2.45) is 10.9 Å². The third kappa shape index (κ3) is 9.76. The zero-order valence-corrected chi connectivity index (χ0v) is 17.8. The monoisotopic (exact) mass is 404 g/mol. The molecule has 1 aromatic carbocycles. The number of ether oxygens (including phenoxy) is 2. The Labute approximate surface area is 174 Å². The van der Waals surface area contributed by atoms with Crippen LogP contribution in [-0.4, -0.2) is 51.9 Å². The van der Waals surface area contributed by atoms with Gasteiger partial charge in [-0.25, -0.2) is 0 Å². The number of nitrogens with zero attached hydrogens (tertiary/aromatic N) is 1. The Hall–Kier alpha value is -2.12. The summed E-state index contributed by atoms with van der Waals surface area (Å²) in [5.41, 5.74) is 1.91. The fourth-order valence-electron chi connectivity index (χ4n) is 3.16. The Morgan fingerprint density at radius 3 is 2.86 bits per heavy atom. The lowest BCUT2D eigenvalue weighted by atomic mass is 10.0. The highest BCUT2D eigenvalue weighted by Crippen LogP contribution is 2.14. The molecule has 29 heavy (non-hydrogen) atoms. The topological polar surface area (TPSA) is 84.0 Å². The Morgan fingerprint density at radius 2 is 2.10 bits per heavy atom. The summed E-state index contributed by atoms with van der Waals surface area (Å²) in [6.07, 6.45) is 4.53. The molecule has 1 heterocycles. The molecule has 2 rings (SSSR count). The van der Waals surface area contributed by atoms with Gasteiger partial charge in [0.1, 0.15) is 0 Å². The molecule has 1 aliphatic rings. The van der Waals surface area contributed by atoms with E-state index in [1.807, 2.05) is 31.2 Å². The number of benzene rings is 1. The van der Waals surface area contributed by atoms with E-state index in [4.69, 9.17) is 9.47 Å². The molecule has 0 atom stereocenters. The Kier molecular flexibility index (Phi) is 11.1. The summed E-state index contributed by atoms with van der Waals surface area (Å²) in [7, 11) is 1.76. The summed E-state index contributed by atoms with van der Waals surface area (Å²) >= 11 is 0. The SMILES string of the molecule is CCCC(=O)Nc1cccc(CNC(=NC)NCCCOCC2CCOCC2)c1. The van der Waals surface area contributed by atoms with Gasteiger partial charge in [-0.15, -0.1) is 0 Å². The Balaban J connectivity index is 1.61. The van der Waals surface area contributed by atoms with Gasteiger partial charge in [-0.1, -0.05) is 19.1 Å². The van der Waals surface area contributed by atoms with Crippen molar-refractivity contribution in [3.8, 4) is 0 Å². The fraction of sp³-hybridized carbons (Fsp3) is 0.636. The van der Waals surface area contributed by atoms with Gasteiger partial charge in [-0.2, -0.15) is 0 Å². The van der Waals surface area contributed by atoms with Crippen LogP contribution in [-0.2, 0) is 20.8 Å². The summed E-state index contributed by atoms with van der Waals surface area (Å²) in [5, 5.41) is 9.55. The number of hydrogen-bond donors (Lipinski definition) is 3. The number of carbonyl (C=O) groups excluding carboxylic acids is 1. The van der Waals surface area contributed by atoms with Crippen LogP contribution in [0.3, 0.4) is 0 Å². The van der Waals surface area contributed by atoms with Crippen molar-refractivity contribution in [1.29, 1.82) is 0 Å². The molecule has 0 saturated carbocycles. The van der Waals surface area contributed by atoms with E-state index in [1.54, 1.807) is 7.05 Å². The second-order valence-electron chi connectivity index (χ2n) is 7.34. The van der Waals surface area contributed by atoms with Gasteiger partial charge in [0.2, 0.25) is 5.91 Å². The highest BCUT2D eigenvalue weighted by atomic mass is 16.5. The standard InChI is InChI=1S/C22H36N4O3/c1-3-6-21(27)26-20-8-4-7-19(15-20)16-25-22(23-2)24-11-5-12-29-17-18-9-13-28-14-10-18/h4,7-8,15,18H,3,5-6,9-14,16-17H2,1-2H3,(H,26,27)(H2,23,24,25). The van der Waals surface area contributed by atoms with Crippen LogP contribution in [0.15, 0.2) is 29.3 Å². The largest absolute Gasteiger partial charge is 0.381 e. The van der Waals surface area contributed by atoms with E-state index in [-0.39, 0.29) is 5.91 Å². The number of nitrogens with one attached hydrogen (secondary N) is 3. The zero-order valence-electron chi connectivity index (χ0n) is 17.8. The molecule has 1 aromatic rings. The molecule has 1 amide bonds. The van der Waals surface area contributed by atoms with Crippen molar-refractivity contribution < 1.29 is 14.3 Å². The van der Waals surface area contributed by atoms with Crippen LogP contribution in [0, 0.1) is 5.92 Å². The predicted molar refractivity (Wildman–Crippen MR) is 117 cm³/mol. The molecule has 7 heteroatoms. The van der Waals surface area contributed by atoms with Crippen molar-refractivity contribution in [3.63, 3.8) is 0 Å². The maximum atomic E-state index is 11.7. The van der Waals surface area contributed by atoms with Crippen LogP contribution in [0.2, 0.25) is 0 Å². The second-order valence-corrected chi connectivity index (χ2v) is 7.34. The first-order chi connectivity index (χ1) is 14.2. The van der Waals surface area contributed by atoms with Crippen LogP contribution >= 0.6 is 0 Å². The van der Waals surface area contributed by atoms with Crippen molar-refractivity contribution in [3.05, 3.63) is 29.8 Å². The van der Waals surface area contributed by atoms with Crippen molar-refractivity contribution in [2.75, 3.05) is 45.3 Å². The maximum Gasteiger partial charge on any atom is 0.224 e. The molecule has 162 valence electrons. The number of hydrogen-bond acceptors (Lipinski definition) is 4. The fourth-order valence-corrected chi connectivity index (χ4v) is 3.16. The maximum absolute atomic E-state index is 11.7. The summed E-state index contributed by atoms with van der Waals surface area (Å²) in [6, 6.07) is 7.87. The van der Waals surface area contributed by atoms with Crippen LogP contribution < -0.4 is 16.0 Å². The number of aliphatic imine (C=N–C) groups is 1. The van der Waals surface area contributed by atoms with E-state index >= 15 is 0 Å². The summed E-state index contributed by atoms with van der Waals surface area (Å²) in [5.74, 6) is 1.46. The lowest BCUT2D eigenvalue weighted by molar-refractivity contribution is -0.116. The number of guanidine groups is 1. The van der Waals surface area contributed by atoms with Gasteiger partial charge in [0.15, 0.2) is 5.96 Å². The van der Waals surface area contributed by atoms with Gasteiger partial charge >= 0.3 is 0 Å². The summed E-state index contributed by atoms with van der Waals surface area (Å²) in [6.45, 7) is 6.76. The highest BCUT2D eigenvalue weighted by molar-refractivity contribution is 5.90. The minimum Gasteiger partial charge on any atom is -0.381 e. The summed E-state index contributed by atoms with van der Waals surface area (Å²) < 4.78 is 11.2. The summed E-state index contributed by atoms with van der Waals surface area (Å²) in [4.78, 5) is 16.0. The molecular weight excluding hydrogens is 368 g/mol. The number of rotatable bonds is 11. The molecule has 3 N–H and O–H groups in total. The third-order valence-electron chi connectivity index (χ3n) is 4.82. The smallest absolute Gasteiger partial charge is 0.224 e.